The molecule has 24 heteroatoms. The lowest BCUT2D eigenvalue weighted by Gasteiger charge is -2.39. The molecule has 2 aromatic rings. The molecule has 1 saturated heterocycles. The van der Waals surface area contributed by atoms with E-state index in [1.54, 1.807) is 31.2 Å². The number of aldehydes is 1. The Morgan fingerprint density at radius 2 is 1.69 bits per heavy atom. The predicted octanol–water partition coefficient (Wildman–Crippen LogP) is 4.65. The molecule has 1 aliphatic heterocycles. The van der Waals surface area contributed by atoms with E-state index in [-0.39, 0.29) is 99.4 Å². The van der Waals surface area contributed by atoms with Crippen molar-refractivity contribution < 1.29 is 58.0 Å². The molecule has 1 fully saturated rings. The number of thiazole rings is 1. The zero-order valence-electron chi connectivity index (χ0n) is 44.5. The molecule has 21 nitrogen and oxygen atoms in total. The number of aromatic hydroxyl groups is 1. The molecule has 1 unspecified atom stereocenters. The summed E-state index contributed by atoms with van der Waals surface area (Å²) < 4.78 is 10.8. The average molecular weight is 1110 g/mol. The van der Waals surface area contributed by atoms with Gasteiger partial charge in [0.1, 0.15) is 41.8 Å². The Morgan fingerprint density at radius 3 is 2.35 bits per heavy atom. The van der Waals surface area contributed by atoms with E-state index in [2.05, 4.69) is 26.8 Å². The van der Waals surface area contributed by atoms with Crippen molar-refractivity contribution >= 4 is 80.8 Å². The number of rotatable bonds is 34. The molecule has 2 heterocycles. The SMILES string of the molecule is CCCC(=O)OCN(C(=O)[C@@H](NC(=O)[C@H]1CCCCN1C)C(C)CC)[C@H](C[C@@H](O)c1nc(CN[C@@H](Cc2ccc(O)cc2)C[C@H](C)C(=O)NNC(=O)OCCSSCCC(=O)N[C@@H](CCC=O)C(N)=O)cs1)C(C)C. The van der Waals surface area contributed by atoms with E-state index in [1.165, 1.54) is 37.8 Å². The van der Waals surface area contributed by atoms with Crippen LogP contribution in [0.15, 0.2) is 29.6 Å². The Balaban J connectivity index is 1.62. The van der Waals surface area contributed by atoms with Crippen molar-refractivity contribution in [2.24, 2.45) is 23.5 Å². The van der Waals surface area contributed by atoms with Gasteiger partial charge in [0, 0.05) is 67.1 Å². The molecular formula is C51H81N9O12S3. The Kier molecular flexibility index (Phi) is 29.7. The molecule has 420 valence electrons. The number of benzene rings is 1. The van der Waals surface area contributed by atoms with Crippen LogP contribution < -0.4 is 32.5 Å². The number of hydrogen-bond acceptors (Lipinski definition) is 18. The number of aromatic nitrogens is 1. The van der Waals surface area contributed by atoms with E-state index in [0.717, 1.165) is 24.9 Å². The average Bonchev–Trinajstić information content (AvgIpc) is 3.86. The van der Waals surface area contributed by atoms with Crippen LogP contribution in [-0.2, 0) is 56.0 Å². The first-order valence-electron chi connectivity index (χ1n) is 25.9. The van der Waals surface area contributed by atoms with Crippen LogP contribution in [0.2, 0.25) is 0 Å². The van der Waals surface area contributed by atoms with E-state index < -0.39 is 54.0 Å². The van der Waals surface area contributed by atoms with Crippen molar-refractivity contribution in [2.75, 3.05) is 38.4 Å². The summed E-state index contributed by atoms with van der Waals surface area (Å²) in [5.74, 6) is -2.72. The number of primary amides is 1. The maximum Gasteiger partial charge on any atom is 0.426 e. The van der Waals surface area contributed by atoms with Crippen LogP contribution in [-0.4, -0.2) is 142 Å². The van der Waals surface area contributed by atoms with Crippen molar-refractivity contribution in [3.8, 4) is 5.75 Å². The van der Waals surface area contributed by atoms with Crippen LogP contribution in [0, 0.1) is 17.8 Å². The minimum Gasteiger partial charge on any atom is -0.508 e. The second-order valence-electron chi connectivity index (χ2n) is 19.3. The van der Waals surface area contributed by atoms with E-state index in [1.807, 2.05) is 51.9 Å². The second-order valence-corrected chi connectivity index (χ2v) is 22.9. The zero-order valence-corrected chi connectivity index (χ0v) is 47.0. The summed E-state index contributed by atoms with van der Waals surface area (Å²) in [6, 6.07) is 3.67. The number of carbonyl (C=O) groups excluding carboxylic acids is 8. The summed E-state index contributed by atoms with van der Waals surface area (Å²) in [5, 5.41) is 33.0. The predicted molar refractivity (Wildman–Crippen MR) is 289 cm³/mol. The first-order valence-corrected chi connectivity index (χ1v) is 29.2. The van der Waals surface area contributed by atoms with Gasteiger partial charge in [0.25, 0.3) is 0 Å². The molecule has 0 aliphatic carbocycles. The number of hydrogen-bond donors (Lipinski definition) is 8. The van der Waals surface area contributed by atoms with Gasteiger partial charge in [-0.2, -0.15) is 0 Å². The van der Waals surface area contributed by atoms with Crippen LogP contribution in [0.5, 0.6) is 5.75 Å². The zero-order chi connectivity index (χ0) is 55.5. The molecule has 8 atom stereocenters. The van der Waals surface area contributed by atoms with Gasteiger partial charge in [0.15, 0.2) is 6.73 Å². The van der Waals surface area contributed by atoms with Gasteiger partial charge in [0.2, 0.25) is 29.5 Å². The Hall–Kier alpha value is -5.01. The van der Waals surface area contributed by atoms with E-state index in [0.29, 0.717) is 60.6 Å². The van der Waals surface area contributed by atoms with Gasteiger partial charge < -0.3 is 51.1 Å². The summed E-state index contributed by atoms with van der Waals surface area (Å²) in [4.78, 5) is 109. The van der Waals surface area contributed by atoms with E-state index in [4.69, 9.17) is 20.2 Å². The first-order chi connectivity index (χ1) is 35.8. The number of likely N-dealkylation sites (N-methyl/N-ethyl adjacent to an activating group) is 1. The summed E-state index contributed by atoms with van der Waals surface area (Å²) in [5.41, 5.74) is 11.5. The van der Waals surface area contributed by atoms with Gasteiger partial charge in [0.05, 0.1) is 11.7 Å². The Bertz CT molecular complexity index is 2120. The van der Waals surface area contributed by atoms with Crippen molar-refractivity contribution in [3.63, 3.8) is 0 Å². The number of amides is 6. The Morgan fingerprint density at radius 1 is 0.973 bits per heavy atom. The van der Waals surface area contributed by atoms with Gasteiger partial charge in [-0.3, -0.25) is 39.1 Å². The quantitative estimate of drug-likeness (QED) is 0.0118. The molecule has 3 rings (SSSR count). The molecule has 75 heavy (non-hydrogen) atoms. The third kappa shape index (κ3) is 23.4. The normalized spacial score (nSPS) is 16.5. The van der Waals surface area contributed by atoms with Crippen LogP contribution in [0.4, 0.5) is 4.79 Å². The van der Waals surface area contributed by atoms with Crippen LogP contribution in [0.25, 0.3) is 0 Å². The van der Waals surface area contributed by atoms with Crippen molar-refractivity contribution in [1.29, 1.82) is 0 Å². The minimum atomic E-state index is -1.10. The van der Waals surface area contributed by atoms with Gasteiger partial charge in [-0.05, 0) is 81.6 Å². The number of carbonyl (C=O) groups is 8. The molecule has 0 bridgehead atoms. The van der Waals surface area contributed by atoms with Crippen LogP contribution in [0.1, 0.15) is 135 Å². The fourth-order valence-electron chi connectivity index (χ4n) is 8.32. The largest absolute Gasteiger partial charge is 0.508 e. The number of phenols is 1. The molecule has 1 aromatic carbocycles. The maximum absolute atomic E-state index is 14.7. The van der Waals surface area contributed by atoms with Gasteiger partial charge in [-0.1, -0.05) is 88.1 Å². The highest BCUT2D eigenvalue weighted by Gasteiger charge is 2.38. The number of phenolic OH excluding ortho intramolecular Hbond substituents is 1. The highest BCUT2D eigenvalue weighted by atomic mass is 33.1. The number of piperidine rings is 1. The molecular weight excluding hydrogens is 1030 g/mol. The highest BCUT2D eigenvalue weighted by Crippen LogP contribution is 2.29. The number of aliphatic hydroxyl groups is 1. The molecule has 0 spiro atoms. The number of ether oxygens (including phenoxy) is 2. The highest BCUT2D eigenvalue weighted by molar-refractivity contribution is 8.76. The molecule has 9 N–H and O–H groups in total. The number of hydrazine groups is 1. The standard InChI is InChI=1S/C51H81N9O12S3/c1-8-13-44(65)72-31-60(50(69)45(33(5)9-2)56-48(68)40-15-10-11-21-59(40)7)41(32(3)4)28-42(63)49-54-37(30-73-49)29-53-36(27-35-16-18-38(62)19-17-35)26-34(6)47(67)57-58-51(70)71-23-25-75-74-24-20-43(64)55-39(46(52)66)14-12-22-61/h16-19,22,30,32-34,36,39-42,45,53,62-63H,8-15,20-21,23-29,31H2,1-7H3,(H2,52,66)(H,55,64)(H,56,68)(H,57,67)(H,58,70)/t33?,34-,36+,39-,40+,41+,42+,45-/m0/s1. The van der Waals surface area contributed by atoms with E-state index >= 15 is 0 Å². The first kappa shape index (κ1) is 64.3. The molecule has 6 amide bonds. The smallest absolute Gasteiger partial charge is 0.426 e. The number of nitrogens with zero attached hydrogens (tertiary/aromatic N) is 3. The summed E-state index contributed by atoms with van der Waals surface area (Å²) in [6.45, 7) is 12.0. The third-order valence-corrected chi connectivity index (χ3v) is 16.3. The Labute approximate surface area is 453 Å². The number of nitrogens with one attached hydrogen (secondary N) is 5. The molecule has 0 radical (unpaired) electrons. The summed E-state index contributed by atoms with van der Waals surface area (Å²) in [7, 11) is 4.65. The molecule has 1 aliphatic rings. The van der Waals surface area contributed by atoms with Gasteiger partial charge in [-0.15, -0.1) is 11.3 Å². The number of nitrogens with two attached hydrogens (primary N) is 1. The number of esters is 1. The van der Waals surface area contributed by atoms with Crippen molar-refractivity contribution in [1.82, 2.24) is 41.6 Å². The fourth-order valence-corrected chi connectivity index (χ4v) is 11.0. The van der Waals surface area contributed by atoms with Crippen LogP contribution >= 0.6 is 32.9 Å². The van der Waals surface area contributed by atoms with Crippen LogP contribution in [0.3, 0.4) is 0 Å². The van der Waals surface area contributed by atoms with Gasteiger partial charge >= 0.3 is 12.1 Å². The van der Waals surface area contributed by atoms with Crippen molar-refractivity contribution in [3.05, 3.63) is 45.9 Å². The van der Waals surface area contributed by atoms with Gasteiger partial charge in [-0.25, -0.2) is 15.2 Å². The monoisotopic (exact) mass is 1110 g/mol. The lowest BCUT2D eigenvalue weighted by molar-refractivity contribution is -0.159. The molecule has 0 saturated carbocycles. The third-order valence-electron chi connectivity index (χ3n) is 13.0. The lowest BCUT2D eigenvalue weighted by Crippen LogP contribution is -2.59. The summed E-state index contributed by atoms with van der Waals surface area (Å²) in [6.07, 6.45) is 3.86. The number of aliphatic hydroxyl groups excluding tert-OH is 1. The fraction of sp³-hybridized carbons (Fsp3) is 0.667. The number of likely N-dealkylation sites (tertiary alicyclic amines) is 1. The maximum atomic E-state index is 14.7. The lowest BCUT2D eigenvalue weighted by atomic mass is 9.92. The summed E-state index contributed by atoms with van der Waals surface area (Å²) >= 11 is 1.26. The topological polar surface area (TPSA) is 301 Å². The van der Waals surface area contributed by atoms with Crippen molar-refractivity contribution in [2.45, 2.75) is 161 Å². The minimum absolute atomic E-state index is 0.0234. The second kappa shape index (κ2) is 34.6. The van der Waals surface area contributed by atoms with E-state index in [9.17, 15) is 48.6 Å². The molecule has 1 aromatic heterocycles.